The summed E-state index contributed by atoms with van der Waals surface area (Å²) in [5.41, 5.74) is 0. The Balaban J connectivity index is 0.000000249. The molecule has 0 aromatic carbocycles. The predicted octanol–water partition coefficient (Wildman–Crippen LogP) is 0.188. The van der Waals surface area contributed by atoms with E-state index in [9.17, 15) is 9.59 Å². The van der Waals surface area contributed by atoms with E-state index in [4.69, 9.17) is 10.2 Å². The highest BCUT2D eigenvalue weighted by Gasteiger charge is 1.88. The first kappa shape index (κ1) is 11.8. The second kappa shape index (κ2) is 7.41. The minimum atomic E-state index is -1.26. The van der Waals surface area contributed by atoms with Crippen molar-refractivity contribution in [3.63, 3.8) is 0 Å². The van der Waals surface area contributed by atoms with Crippen molar-refractivity contribution in [3.05, 3.63) is 36.9 Å². The van der Waals surface area contributed by atoms with Crippen molar-refractivity contribution >= 4 is 11.9 Å². The first-order chi connectivity index (χ1) is 6.63. The SMILES string of the molecule is O=C(O)/C=C\C(=O)O.c1cnccn1. The number of aliphatic carboxylic acids is 2. The molecule has 0 amide bonds. The van der Waals surface area contributed by atoms with Gasteiger partial charge in [0.25, 0.3) is 0 Å². The van der Waals surface area contributed by atoms with E-state index in [0.29, 0.717) is 12.2 Å². The van der Waals surface area contributed by atoms with Gasteiger partial charge in [-0.05, 0) is 0 Å². The normalized spacial score (nSPS) is 8.86. The fraction of sp³-hybridized carbons (Fsp3) is 0. The maximum Gasteiger partial charge on any atom is 0.328 e. The van der Waals surface area contributed by atoms with Crippen LogP contribution in [0.4, 0.5) is 0 Å². The molecule has 0 fully saturated rings. The molecule has 0 radical (unpaired) electrons. The Bertz CT molecular complexity index is 268. The zero-order chi connectivity index (χ0) is 10.8. The molecule has 6 heteroatoms. The minimum Gasteiger partial charge on any atom is -0.478 e. The average molecular weight is 196 g/mol. The highest BCUT2D eigenvalue weighted by molar-refractivity contribution is 5.89. The van der Waals surface area contributed by atoms with Crippen LogP contribution in [0.15, 0.2) is 36.9 Å². The van der Waals surface area contributed by atoms with Crippen LogP contribution in [-0.2, 0) is 9.59 Å². The Morgan fingerprint density at radius 1 is 0.857 bits per heavy atom. The third-order valence-corrected chi connectivity index (χ3v) is 0.846. The number of carboxylic acid groups (broad SMARTS) is 2. The van der Waals surface area contributed by atoms with Crippen molar-refractivity contribution < 1.29 is 19.8 Å². The molecule has 6 nitrogen and oxygen atoms in total. The van der Waals surface area contributed by atoms with Crippen LogP contribution in [0.1, 0.15) is 0 Å². The summed E-state index contributed by atoms with van der Waals surface area (Å²) in [5.74, 6) is -2.51. The molecule has 0 aliphatic heterocycles. The third kappa shape index (κ3) is 9.76. The molecule has 0 spiro atoms. The van der Waals surface area contributed by atoms with E-state index in [1.807, 2.05) is 0 Å². The second-order valence-electron chi connectivity index (χ2n) is 1.90. The summed E-state index contributed by atoms with van der Waals surface area (Å²) >= 11 is 0. The van der Waals surface area contributed by atoms with Gasteiger partial charge in [-0.25, -0.2) is 9.59 Å². The first-order valence-corrected chi connectivity index (χ1v) is 3.47. The molecule has 0 bridgehead atoms. The maximum atomic E-state index is 9.55. The lowest BCUT2D eigenvalue weighted by Gasteiger charge is -1.74. The van der Waals surface area contributed by atoms with Gasteiger partial charge in [-0.1, -0.05) is 0 Å². The van der Waals surface area contributed by atoms with E-state index in [0.717, 1.165) is 0 Å². The molecule has 0 aliphatic rings. The van der Waals surface area contributed by atoms with Gasteiger partial charge in [0.1, 0.15) is 0 Å². The zero-order valence-electron chi connectivity index (χ0n) is 7.07. The van der Waals surface area contributed by atoms with Gasteiger partial charge >= 0.3 is 11.9 Å². The molecule has 1 aromatic heterocycles. The maximum absolute atomic E-state index is 9.55. The highest BCUT2D eigenvalue weighted by Crippen LogP contribution is 1.70. The Morgan fingerprint density at radius 2 is 1.14 bits per heavy atom. The number of aromatic nitrogens is 2. The summed E-state index contributed by atoms with van der Waals surface area (Å²) in [6, 6.07) is 0. The predicted molar refractivity (Wildman–Crippen MR) is 46.4 cm³/mol. The largest absolute Gasteiger partial charge is 0.478 e. The van der Waals surface area contributed by atoms with E-state index >= 15 is 0 Å². The lowest BCUT2D eigenvalue weighted by Crippen LogP contribution is -1.91. The summed E-state index contributed by atoms with van der Waals surface area (Å²) in [7, 11) is 0. The fourth-order valence-electron chi connectivity index (χ4n) is 0.396. The van der Waals surface area contributed by atoms with Crippen LogP contribution in [0.25, 0.3) is 0 Å². The first-order valence-electron chi connectivity index (χ1n) is 3.47. The van der Waals surface area contributed by atoms with Crippen LogP contribution < -0.4 is 0 Å². The van der Waals surface area contributed by atoms with E-state index in [2.05, 4.69) is 9.97 Å². The Morgan fingerprint density at radius 3 is 1.29 bits per heavy atom. The van der Waals surface area contributed by atoms with Crippen LogP contribution in [-0.4, -0.2) is 32.1 Å². The van der Waals surface area contributed by atoms with Crippen molar-refractivity contribution in [2.45, 2.75) is 0 Å². The quantitative estimate of drug-likeness (QED) is 0.655. The summed E-state index contributed by atoms with van der Waals surface area (Å²) < 4.78 is 0. The Labute approximate surface area is 79.6 Å². The lowest BCUT2D eigenvalue weighted by atomic mass is 10.5. The van der Waals surface area contributed by atoms with Crippen molar-refractivity contribution in [2.24, 2.45) is 0 Å². The van der Waals surface area contributed by atoms with Crippen LogP contribution >= 0.6 is 0 Å². The van der Waals surface area contributed by atoms with Crippen LogP contribution in [0, 0.1) is 0 Å². The highest BCUT2D eigenvalue weighted by atomic mass is 16.4. The van der Waals surface area contributed by atoms with Gasteiger partial charge in [-0.2, -0.15) is 0 Å². The number of hydrogen-bond acceptors (Lipinski definition) is 4. The van der Waals surface area contributed by atoms with E-state index in [-0.39, 0.29) is 0 Å². The molecule has 0 saturated carbocycles. The molecule has 0 atom stereocenters. The van der Waals surface area contributed by atoms with Gasteiger partial charge in [0, 0.05) is 36.9 Å². The average Bonchev–Trinajstić information content (AvgIpc) is 2.18. The van der Waals surface area contributed by atoms with Crippen LogP contribution in [0.2, 0.25) is 0 Å². The summed E-state index contributed by atoms with van der Waals surface area (Å²) in [6.07, 6.45) is 7.67. The molecule has 14 heavy (non-hydrogen) atoms. The lowest BCUT2D eigenvalue weighted by molar-refractivity contribution is -0.134. The molecule has 74 valence electrons. The standard InChI is InChI=1S/C4H4N2.C4H4O4/c1-2-6-4-3-5-1;5-3(6)1-2-4(7)8/h1-4H;1-2H,(H,5,6)(H,7,8)/b;2-1-. The minimum absolute atomic E-state index is 0.558. The molecule has 0 saturated heterocycles. The smallest absolute Gasteiger partial charge is 0.328 e. The molecule has 2 N–H and O–H groups in total. The van der Waals surface area contributed by atoms with E-state index in [1.165, 1.54) is 0 Å². The second-order valence-corrected chi connectivity index (χ2v) is 1.90. The van der Waals surface area contributed by atoms with Crippen molar-refractivity contribution in [1.82, 2.24) is 9.97 Å². The van der Waals surface area contributed by atoms with E-state index in [1.54, 1.807) is 24.8 Å². The number of carboxylic acids is 2. The molecular formula is C8H8N2O4. The van der Waals surface area contributed by atoms with Crippen molar-refractivity contribution in [1.29, 1.82) is 0 Å². The summed E-state index contributed by atoms with van der Waals surface area (Å²) in [6.45, 7) is 0. The van der Waals surface area contributed by atoms with Crippen LogP contribution in [0.3, 0.4) is 0 Å². The molecule has 1 heterocycles. The molecule has 0 aliphatic carbocycles. The summed E-state index contributed by atoms with van der Waals surface area (Å²) in [5, 5.41) is 15.6. The van der Waals surface area contributed by atoms with E-state index < -0.39 is 11.9 Å². The van der Waals surface area contributed by atoms with Gasteiger partial charge in [0.05, 0.1) is 0 Å². The third-order valence-electron chi connectivity index (χ3n) is 0.846. The van der Waals surface area contributed by atoms with Crippen molar-refractivity contribution in [3.8, 4) is 0 Å². The van der Waals surface area contributed by atoms with Gasteiger partial charge in [0.2, 0.25) is 0 Å². The van der Waals surface area contributed by atoms with Gasteiger partial charge in [0.15, 0.2) is 0 Å². The molecule has 1 aromatic rings. The number of rotatable bonds is 2. The monoisotopic (exact) mass is 196 g/mol. The number of hydrogen-bond donors (Lipinski definition) is 2. The summed E-state index contributed by atoms with van der Waals surface area (Å²) in [4.78, 5) is 26.6. The Kier molecular flexibility index (Phi) is 6.23. The Hall–Kier alpha value is -2.24. The van der Waals surface area contributed by atoms with Gasteiger partial charge in [-0.3, -0.25) is 9.97 Å². The van der Waals surface area contributed by atoms with Crippen molar-refractivity contribution in [2.75, 3.05) is 0 Å². The topological polar surface area (TPSA) is 100 Å². The molecular weight excluding hydrogens is 188 g/mol. The van der Waals surface area contributed by atoms with Gasteiger partial charge in [-0.15, -0.1) is 0 Å². The van der Waals surface area contributed by atoms with Gasteiger partial charge < -0.3 is 10.2 Å². The molecule has 1 rings (SSSR count). The zero-order valence-corrected chi connectivity index (χ0v) is 7.07. The van der Waals surface area contributed by atoms with Crippen LogP contribution in [0.5, 0.6) is 0 Å². The number of nitrogens with zero attached hydrogens (tertiary/aromatic N) is 2. The fourth-order valence-corrected chi connectivity index (χ4v) is 0.396. The molecule has 0 unspecified atom stereocenters. The number of carbonyl (C=O) groups is 2.